The van der Waals surface area contributed by atoms with Gasteiger partial charge in [-0.25, -0.2) is 0 Å². The predicted octanol–water partition coefficient (Wildman–Crippen LogP) is 3.59. The molecule has 0 amide bonds. The maximum absolute atomic E-state index is 11.7. The highest BCUT2D eigenvalue weighted by Gasteiger charge is 2.05. The minimum absolute atomic E-state index is 0.0888. The molecule has 0 saturated heterocycles. The molecule has 1 rings (SSSR count). The smallest absolute Gasteiger partial charge is 0.219 e. The molecule has 0 spiro atoms. The highest BCUT2D eigenvalue weighted by molar-refractivity contribution is 14.1. The van der Waals surface area contributed by atoms with E-state index in [9.17, 15) is 9.59 Å². The van der Waals surface area contributed by atoms with Gasteiger partial charge in [0.05, 0.1) is 0 Å². The van der Waals surface area contributed by atoms with Gasteiger partial charge in [0.2, 0.25) is 5.12 Å². The summed E-state index contributed by atoms with van der Waals surface area (Å²) in [7, 11) is 0. The van der Waals surface area contributed by atoms with Gasteiger partial charge in [0.25, 0.3) is 0 Å². The Morgan fingerprint density at radius 1 is 1.25 bits per heavy atom. The number of halogens is 1. The second-order valence-corrected chi connectivity index (χ2v) is 5.42. The van der Waals surface area contributed by atoms with Crippen LogP contribution in [-0.2, 0) is 0 Å². The van der Waals surface area contributed by atoms with Gasteiger partial charge in [0, 0.05) is 16.9 Å². The number of rotatable bonds is 6. The summed E-state index contributed by atoms with van der Waals surface area (Å²) in [6, 6.07) is 6.76. The molecular weight excluding hydrogens is 335 g/mol. The molecule has 0 bridgehead atoms. The number of hydrogen-bond acceptors (Lipinski definition) is 3. The predicted molar refractivity (Wildman–Crippen MR) is 76.7 cm³/mol. The Morgan fingerprint density at radius 2 is 1.94 bits per heavy atom. The molecule has 1 aromatic rings. The summed E-state index contributed by atoms with van der Waals surface area (Å²) in [5, 5.41) is 0.0888. The first kappa shape index (κ1) is 13.7. The van der Waals surface area contributed by atoms with E-state index in [1.54, 1.807) is 24.3 Å². The molecule has 4 heteroatoms. The zero-order valence-electron chi connectivity index (χ0n) is 8.82. The van der Waals surface area contributed by atoms with Gasteiger partial charge in [-0.3, -0.25) is 9.59 Å². The van der Waals surface area contributed by atoms with E-state index in [1.807, 2.05) is 0 Å². The summed E-state index contributed by atoms with van der Waals surface area (Å²) in [6.07, 6.45) is 3.01. The Hall–Kier alpha value is -0.360. The van der Waals surface area contributed by atoms with E-state index in [2.05, 4.69) is 22.6 Å². The summed E-state index contributed by atoms with van der Waals surface area (Å²) in [4.78, 5) is 22.1. The minimum atomic E-state index is 0.0888. The van der Waals surface area contributed by atoms with Gasteiger partial charge in [0.1, 0.15) is 6.29 Å². The van der Waals surface area contributed by atoms with Crippen LogP contribution in [0.3, 0.4) is 0 Å². The molecule has 16 heavy (non-hydrogen) atoms. The number of thioether (sulfide) groups is 1. The number of hydrogen-bond donors (Lipinski definition) is 0. The first-order valence-corrected chi connectivity index (χ1v) is 7.57. The first-order chi connectivity index (χ1) is 7.77. The minimum Gasteiger partial charge on any atom is -0.298 e. The third-order valence-corrected chi connectivity index (χ3v) is 3.80. The maximum Gasteiger partial charge on any atom is 0.219 e. The Labute approximate surface area is 113 Å². The molecular formula is C12H13IO2S. The van der Waals surface area contributed by atoms with Crippen LogP contribution in [0.2, 0.25) is 0 Å². The van der Waals surface area contributed by atoms with Crippen molar-refractivity contribution in [2.45, 2.75) is 12.8 Å². The summed E-state index contributed by atoms with van der Waals surface area (Å²) in [6.45, 7) is 0. The van der Waals surface area contributed by atoms with Crippen molar-refractivity contribution < 1.29 is 9.59 Å². The van der Waals surface area contributed by atoms with E-state index in [4.69, 9.17) is 0 Å². The van der Waals surface area contributed by atoms with E-state index in [-0.39, 0.29) is 5.12 Å². The van der Waals surface area contributed by atoms with Gasteiger partial charge in [-0.15, -0.1) is 0 Å². The normalized spacial score (nSPS) is 10.1. The molecule has 0 aliphatic heterocycles. The molecule has 0 radical (unpaired) electrons. The molecule has 0 atom stereocenters. The number of benzene rings is 1. The molecule has 0 aliphatic carbocycles. The van der Waals surface area contributed by atoms with E-state index in [0.29, 0.717) is 11.1 Å². The zero-order valence-corrected chi connectivity index (χ0v) is 11.8. The Bertz CT molecular complexity index is 349. The molecule has 0 saturated carbocycles. The molecule has 0 unspecified atom stereocenters. The van der Waals surface area contributed by atoms with Gasteiger partial charge in [-0.1, -0.05) is 46.5 Å². The highest BCUT2D eigenvalue weighted by atomic mass is 127. The van der Waals surface area contributed by atoms with Crippen molar-refractivity contribution in [2.75, 3.05) is 10.2 Å². The number of carbonyl (C=O) groups excluding carboxylic acids is 2. The molecule has 2 nitrogen and oxygen atoms in total. The van der Waals surface area contributed by atoms with Gasteiger partial charge >= 0.3 is 0 Å². The lowest BCUT2D eigenvalue weighted by molar-refractivity contribution is 0.108. The first-order valence-electron chi connectivity index (χ1n) is 5.06. The Morgan fingerprint density at radius 3 is 2.50 bits per heavy atom. The van der Waals surface area contributed by atoms with Gasteiger partial charge < -0.3 is 0 Å². The molecule has 0 fully saturated rings. The third-order valence-electron chi connectivity index (χ3n) is 2.04. The molecule has 0 aliphatic rings. The van der Waals surface area contributed by atoms with Crippen LogP contribution in [0, 0.1) is 0 Å². The quantitative estimate of drug-likeness (QED) is 0.341. The number of unbranched alkanes of at least 4 members (excludes halogenated alkanes) is 1. The van der Waals surface area contributed by atoms with Crippen molar-refractivity contribution in [2.24, 2.45) is 0 Å². The van der Waals surface area contributed by atoms with E-state index in [1.165, 1.54) is 11.8 Å². The van der Waals surface area contributed by atoms with Crippen molar-refractivity contribution in [1.29, 1.82) is 0 Å². The average molecular weight is 348 g/mol. The second-order valence-electron chi connectivity index (χ2n) is 3.27. The molecule has 0 aromatic heterocycles. The lowest BCUT2D eigenvalue weighted by Crippen LogP contribution is -1.95. The molecule has 0 N–H and O–H groups in total. The van der Waals surface area contributed by atoms with E-state index in [0.717, 1.165) is 29.3 Å². The van der Waals surface area contributed by atoms with Crippen LogP contribution < -0.4 is 0 Å². The van der Waals surface area contributed by atoms with Crippen LogP contribution in [0.5, 0.6) is 0 Å². The monoisotopic (exact) mass is 348 g/mol. The third kappa shape index (κ3) is 4.65. The molecule has 1 aromatic carbocycles. The van der Waals surface area contributed by atoms with Crippen molar-refractivity contribution in [3.63, 3.8) is 0 Å². The summed E-state index contributed by atoms with van der Waals surface area (Å²) < 4.78 is 1.14. The SMILES string of the molecule is O=Cc1ccc(C(=O)SCCCCI)cc1. The van der Waals surface area contributed by atoms with Crippen LogP contribution in [0.25, 0.3) is 0 Å². The van der Waals surface area contributed by atoms with Crippen LogP contribution in [0.1, 0.15) is 33.6 Å². The van der Waals surface area contributed by atoms with Crippen molar-refractivity contribution in [3.05, 3.63) is 35.4 Å². The van der Waals surface area contributed by atoms with Crippen LogP contribution in [0.4, 0.5) is 0 Å². The van der Waals surface area contributed by atoms with Crippen LogP contribution >= 0.6 is 34.4 Å². The standard InChI is InChI=1S/C12H13IO2S/c13-7-1-2-8-16-12(15)11-5-3-10(9-14)4-6-11/h3-6,9H,1-2,7-8H2. The summed E-state index contributed by atoms with van der Waals surface area (Å²) in [5.41, 5.74) is 1.27. The van der Waals surface area contributed by atoms with E-state index < -0.39 is 0 Å². The fraction of sp³-hybridized carbons (Fsp3) is 0.333. The number of alkyl halides is 1. The highest BCUT2D eigenvalue weighted by Crippen LogP contribution is 2.14. The second kappa shape index (κ2) is 7.84. The molecule has 86 valence electrons. The van der Waals surface area contributed by atoms with Crippen molar-refractivity contribution >= 4 is 45.8 Å². The average Bonchev–Trinajstić information content (AvgIpc) is 2.34. The largest absolute Gasteiger partial charge is 0.298 e. The summed E-state index contributed by atoms with van der Waals surface area (Å²) in [5.74, 6) is 0.872. The van der Waals surface area contributed by atoms with E-state index >= 15 is 0 Å². The topological polar surface area (TPSA) is 34.1 Å². The lowest BCUT2D eigenvalue weighted by atomic mass is 10.2. The number of carbonyl (C=O) groups is 2. The Kier molecular flexibility index (Phi) is 6.71. The lowest BCUT2D eigenvalue weighted by Gasteiger charge is -2.00. The Balaban J connectivity index is 2.43. The fourth-order valence-corrected chi connectivity index (χ4v) is 2.52. The fourth-order valence-electron chi connectivity index (χ4n) is 1.14. The van der Waals surface area contributed by atoms with Gasteiger partial charge in [-0.05, 0) is 29.4 Å². The van der Waals surface area contributed by atoms with Crippen LogP contribution in [-0.4, -0.2) is 21.6 Å². The molecule has 0 heterocycles. The number of aldehydes is 1. The maximum atomic E-state index is 11.7. The van der Waals surface area contributed by atoms with Crippen LogP contribution in [0.15, 0.2) is 24.3 Å². The van der Waals surface area contributed by atoms with Crippen molar-refractivity contribution in [1.82, 2.24) is 0 Å². The van der Waals surface area contributed by atoms with Gasteiger partial charge in [0.15, 0.2) is 0 Å². The summed E-state index contributed by atoms with van der Waals surface area (Å²) >= 11 is 3.69. The zero-order chi connectivity index (χ0) is 11.8. The van der Waals surface area contributed by atoms with Gasteiger partial charge in [-0.2, -0.15) is 0 Å². The van der Waals surface area contributed by atoms with Crippen molar-refractivity contribution in [3.8, 4) is 0 Å².